The number of nitrogens with one attached hydrogen (secondary N) is 16. The van der Waals surface area contributed by atoms with Gasteiger partial charge in [0.15, 0.2) is 5.96 Å². The molecule has 734 valence electrons. The fraction of sp³-hybridized carbons (Fsp3) is 0.457. The fourth-order valence-electron chi connectivity index (χ4n) is 14.9. The molecule has 2 heterocycles. The number of H-pyrrole nitrogens is 1. The minimum Gasteiger partial charge on any atom is -0.508 e. The number of rotatable bonds is 26. The van der Waals surface area contributed by atoms with Crippen molar-refractivity contribution in [2.24, 2.45) is 40.9 Å². The molecule has 1 saturated heterocycles. The summed E-state index contributed by atoms with van der Waals surface area (Å²) < 4.78 is 0. The number of fused-ring (bicyclic) bond motifs is 1. The van der Waals surface area contributed by atoms with Crippen LogP contribution in [0.3, 0.4) is 0 Å². The van der Waals surface area contributed by atoms with Gasteiger partial charge in [0, 0.05) is 69.2 Å². The number of thioether (sulfide) groups is 1. The summed E-state index contributed by atoms with van der Waals surface area (Å²) in [5.41, 5.74) is 20.6. The quantitative estimate of drug-likeness (QED) is 0.0181. The van der Waals surface area contributed by atoms with Crippen molar-refractivity contribution in [3.63, 3.8) is 0 Å². The molecule has 1 aliphatic heterocycles. The first-order chi connectivity index (χ1) is 64.3. The lowest BCUT2D eigenvalue weighted by atomic mass is 9.97. The van der Waals surface area contributed by atoms with Gasteiger partial charge in [-0.05, 0) is 108 Å². The van der Waals surface area contributed by atoms with Gasteiger partial charge in [-0.1, -0.05) is 171 Å². The van der Waals surface area contributed by atoms with Gasteiger partial charge in [-0.2, -0.15) is 0 Å². The number of hydrogen-bond donors (Lipinski definition) is 21. The van der Waals surface area contributed by atoms with Gasteiger partial charge in [-0.25, -0.2) is 0 Å². The lowest BCUT2D eigenvalue weighted by molar-refractivity contribution is -0.147. The molecule has 5 aromatic carbocycles. The second-order valence-corrected chi connectivity index (χ2v) is 36.1. The third-order valence-corrected chi connectivity index (χ3v) is 23.3. The Morgan fingerprint density at radius 2 is 0.897 bits per heavy atom. The van der Waals surface area contributed by atoms with Crippen molar-refractivity contribution in [3.8, 4) is 16.9 Å². The summed E-state index contributed by atoms with van der Waals surface area (Å²) in [5, 5.41) is 65.6. The van der Waals surface area contributed by atoms with E-state index in [-0.39, 0.29) is 63.2 Å². The number of hydrogen-bond acceptors (Lipinski definition) is 21. The lowest BCUT2D eigenvalue weighted by Crippen LogP contribution is -2.61. The van der Waals surface area contributed by atoms with Crippen LogP contribution < -0.4 is 91.6 Å². The Labute approximate surface area is 792 Å². The fourth-order valence-corrected chi connectivity index (χ4v) is 15.8. The summed E-state index contributed by atoms with van der Waals surface area (Å²) in [6.07, 6.45) is -2.18. The van der Waals surface area contributed by atoms with E-state index in [0.717, 1.165) is 32.7 Å². The van der Waals surface area contributed by atoms with Gasteiger partial charge in [0.1, 0.15) is 84.3 Å². The normalized spacial score (nSPS) is 22.5. The Bertz CT molecular complexity index is 5220. The predicted octanol–water partition coefficient (Wildman–Crippen LogP) is -0.700. The van der Waals surface area contributed by atoms with Crippen molar-refractivity contribution in [3.05, 3.63) is 162 Å². The smallest absolute Gasteiger partial charge is 0.305 e. The van der Waals surface area contributed by atoms with E-state index in [1.54, 1.807) is 140 Å². The van der Waals surface area contributed by atoms with Crippen molar-refractivity contribution in [1.82, 2.24) is 89.2 Å². The van der Waals surface area contributed by atoms with Gasteiger partial charge < -0.3 is 117 Å². The molecule has 6 aromatic rings. The molecule has 1 fully saturated rings. The lowest BCUT2D eigenvalue weighted by Gasteiger charge is -2.33. The van der Waals surface area contributed by atoms with Crippen molar-refractivity contribution >= 4 is 135 Å². The number of aromatic hydroxyl groups is 1. The standard InChI is InChI=1S/C94H127N21O20S/c1-50(2)37-65-83(125)108-69(40-56-28-32-59(33-29-56)58-23-16-13-17-24-58)90(132)113-80(53(7)8)93(135)115(11)54(9)92(134)114(10)47-76(119)102-71(43-74(95)117)87(129)106-66(38-51(3)4)89(131)112-79(52(5)6)91(133)104-64(27-20-36-99-94(97)98)82(124)111-73(81(123)101-46-75(96)118)48-136-49-77(120)103-67(39-55-21-14-12-15-22-55)84(126)107-68(41-57-30-34-61(116)35-31-57)85(127)110-72(44-78(121)122)88(130)109-70(86(128)105-65)42-60-45-100-63-26-19-18-25-62(60)63/h12-19,21-26,28-35,45,50-54,64-73,79-80,100,116H,20,27,36-44,46-49H2,1-11H3,(H2,95,117)(H2,96,118)(H,101,123)(H,102,119)(H,103,120)(H,104,133)(H,105,128)(H,106,129)(H,107,126)(H,108,125)(H,109,130)(H,110,127)(H,111,124)(H,112,131)(H,113,132)(H,121,122)(H4,97,98,99)/t54-,64-,65-,66-,67-,68-,69-,70-,71-,72-,73-,79-,80-/m0/s1. The van der Waals surface area contributed by atoms with Crippen LogP contribution in [0.5, 0.6) is 5.75 Å². The molecule has 0 saturated carbocycles. The average molecular weight is 1900 g/mol. The predicted molar refractivity (Wildman–Crippen MR) is 506 cm³/mol. The topological polar surface area (TPSA) is 640 Å². The number of carbonyl (C=O) groups excluding carboxylic acids is 17. The van der Waals surface area contributed by atoms with E-state index < -0.39 is 253 Å². The van der Waals surface area contributed by atoms with Crippen LogP contribution in [-0.4, -0.2) is 261 Å². The minimum absolute atomic E-state index is 0.00961. The first-order valence-electron chi connectivity index (χ1n) is 44.7. The van der Waals surface area contributed by atoms with E-state index >= 15 is 28.8 Å². The van der Waals surface area contributed by atoms with Crippen LogP contribution in [0.15, 0.2) is 140 Å². The maximum atomic E-state index is 15.5. The van der Waals surface area contributed by atoms with Crippen LogP contribution in [0.2, 0.25) is 0 Å². The van der Waals surface area contributed by atoms with E-state index in [1.165, 1.54) is 45.3 Å². The SMILES string of the molecule is CC(C)C[C@@H]1NC(=O)[C@H](Cc2c[nH]c3ccccc23)NC(=O)[C@H](CC(=O)O)NC(=O)[C@H](Cc2ccc(O)cc2)NC(=O)[C@H](Cc2ccccc2)NC(=O)CSC[C@@H](C(=O)NCC(N)=O)NC(=O)[C@H](CCCNC(=N)N)NC(=O)[C@H](C(C)C)NC(=O)[C@H](CC(C)C)NC(=O)[C@H](CC(N)=O)NC(=O)CN(C)C(=O)[C@H](C)N(C)C(=O)[C@H](C(C)C)NC(=O)[C@H](Cc2ccc(-c3ccccc3)cc2)NC1=O. The number of benzene rings is 5. The van der Waals surface area contributed by atoms with Gasteiger partial charge in [-0.15, -0.1) is 11.8 Å². The Morgan fingerprint density at radius 1 is 0.463 bits per heavy atom. The first kappa shape index (κ1) is 109. The number of likely N-dealkylation sites (N-methyl/N-ethyl adjacent to an activating group) is 2. The molecular weight excluding hydrogens is 1780 g/mol. The Balaban J connectivity index is 1.32. The molecule has 13 atom stereocenters. The zero-order valence-electron chi connectivity index (χ0n) is 78.0. The Hall–Kier alpha value is -14.5. The van der Waals surface area contributed by atoms with Crippen LogP contribution in [-0.2, 0) is 112 Å². The van der Waals surface area contributed by atoms with E-state index in [9.17, 15) is 67.7 Å². The number of aliphatic carboxylic acids is 1. The van der Waals surface area contributed by atoms with E-state index in [2.05, 4.69) is 79.4 Å². The zero-order chi connectivity index (χ0) is 100. The number of nitrogens with zero attached hydrogens (tertiary/aromatic N) is 2. The number of carboxylic acids is 1. The summed E-state index contributed by atoms with van der Waals surface area (Å²) in [7, 11) is 2.48. The number of guanidine groups is 1. The highest BCUT2D eigenvalue weighted by Crippen LogP contribution is 2.24. The number of aromatic amines is 1. The average Bonchev–Trinajstić information content (AvgIpc) is 1.63. The molecule has 136 heavy (non-hydrogen) atoms. The number of carboxylic acid groups (broad SMARTS) is 1. The molecule has 17 amide bonds. The summed E-state index contributed by atoms with van der Waals surface area (Å²) >= 11 is 0.733. The molecule has 0 radical (unpaired) electrons. The number of phenolic OH excluding ortho intramolecular Hbond substituents is 1. The number of amides is 17. The number of nitrogens with two attached hydrogens (primary N) is 3. The maximum absolute atomic E-state index is 15.5. The minimum atomic E-state index is -2.06. The highest BCUT2D eigenvalue weighted by Gasteiger charge is 2.41. The van der Waals surface area contributed by atoms with Crippen LogP contribution in [0.25, 0.3) is 22.0 Å². The maximum Gasteiger partial charge on any atom is 0.305 e. The number of aromatic nitrogens is 1. The second kappa shape index (κ2) is 52.8. The molecule has 1 aromatic heterocycles. The molecule has 7 rings (SSSR count). The van der Waals surface area contributed by atoms with Crippen LogP contribution >= 0.6 is 11.8 Å². The van der Waals surface area contributed by atoms with Crippen LogP contribution in [0.1, 0.15) is 123 Å². The summed E-state index contributed by atoms with van der Waals surface area (Å²) in [4.78, 5) is 265. The number of primary amides is 2. The van der Waals surface area contributed by atoms with Gasteiger partial charge in [0.05, 0.1) is 31.7 Å². The summed E-state index contributed by atoms with van der Waals surface area (Å²) in [5.74, 6) is -22.7. The molecule has 24 N–H and O–H groups in total. The molecule has 0 unspecified atom stereocenters. The van der Waals surface area contributed by atoms with E-state index in [4.69, 9.17) is 22.6 Å². The van der Waals surface area contributed by atoms with Crippen LogP contribution in [0.4, 0.5) is 0 Å². The van der Waals surface area contributed by atoms with Gasteiger partial charge in [0.25, 0.3) is 0 Å². The molecule has 1 aliphatic rings. The van der Waals surface area contributed by atoms with Crippen molar-refractivity contribution < 1.29 is 96.5 Å². The molecule has 0 bridgehead atoms. The largest absolute Gasteiger partial charge is 0.508 e. The molecule has 41 nitrogen and oxygen atoms in total. The summed E-state index contributed by atoms with van der Waals surface area (Å²) in [6.45, 7) is 12.9. The van der Waals surface area contributed by atoms with Crippen molar-refractivity contribution in [2.45, 2.75) is 205 Å². The second-order valence-electron chi connectivity index (χ2n) is 35.1. The molecule has 42 heteroatoms. The van der Waals surface area contributed by atoms with Gasteiger partial charge in [-0.3, -0.25) is 91.7 Å². The third kappa shape index (κ3) is 34.8. The highest BCUT2D eigenvalue weighted by molar-refractivity contribution is 8.00. The van der Waals surface area contributed by atoms with E-state index in [1.807, 2.05) is 30.3 Å². The Kier molecular flexibility index (Phi) is 42.2. The number of carbonyl (C=O) groups is 18. The molecule has 0 spiro atoms. The van der Waals surface area contributed by atoms with E-state index in [0.29, 0.717) is 33.2 Å². The zero-order valence-corrected chi connectivity index (χ0v) is 78.8. The molecular formula is C94H127N21O20S. The van der Waals surface area contributed by atoms with Crippen molar-refractivity contribution in [1.29, 1.82) is 5.41 Å². The number of phenols is 1. The summed E-state index contributed by atoms with van der Waals surface area (Å²) in [6, 6.07) is 15.8. The van der Waals surface area contributed by atoms with Gasteiger partial charge in [0.2, 0.25) is 100 Å². The number of para-hydroxylation sites is 1. The van der Waals surface area contributed by atoms with Crippen molar-refractivity contribution in [2.75, 3.05) is 45.2 Å². The highest BCUT2D eigenvalue weighted by atomic mass is 32.2. The third-order valence-electron chi connectivity index (χ3n) is 22.3. The Morgan fingerprint density at radius 3 is 1.43 bits per heavy atom. The van der Waals surface area contributed by atoms with Gasteiger partial charge >= 0.3 is 5.97 Å². The molecule has 0 aliphatic carbocycles. The monoisotopic (exact) mass is 1900 g/mol. The van der Waals surface area contributed by atoms with Crippen LogP contribution in [0, 0.1) is 29.1 Å². The first-order valence-corrected chi connectivity index (χ1v) is 45.9.